The van der Waals surface area contributed by atoms with Crippen molar-refractivity contribution in [3.63, 3.8) is 0 Å². The minimum absolute atomic E-state index is 0.0313. The molecule has 0 saturated carbocycles. The summed E-state index contributed by atoms with van der Waals surface area (Å²) in [6, 6.07) is 5.72. The average molecular weight is 289 g/mol. The number of rotatable bonds is 5. The minimum Gasteiger partial charge on any atom is -0.451 e. The van der Waals surface area contributed by atoms with Gasteiger partial charge in [0.1, 0.15) is 5.82 Å². The molecule has 1 amide bonds. The van der Waals surface area contributed by atoms with E-state index in [1.807, 2.05) is 0 Å². The van der Waals surface area contributed by atoms with Crippen LogP contribution in [0.4, 0.5) is 4.39 Å². The first-order valence-corrected chi connectivity index (χ1v) is 6.09. The summed E-state index contributed by atoms with van der Waals surface area (Å²) in [5.41, 5.74) is 0.772. The number of nitrogens with zero attached hydrogens (tertiary/aromatic N) is 2. The molecule has 0 aliphatic heterocycles. The van der Waals surface area contributed by atoms with Crippen LogP contribution in [0.1, 0.15) is 16.1 Å². The number of aromatic nitrogens is 2. The van der Waals surface area contributed by atoms with Gasteiger partial charge < -0.3 is 10.1 Å². The first kappa shape index (κ1) is 14.6. The third-order valence-electron chi connectivity index (χ3n) is 2.51. The zero-order chi connectivity index (χ0) is 15.1. The Morgan fingerprint density at radius 3 is 2.62 bits per heavy atom. The van der Waals surface area contributed by atoms with Gasteiger partial charge in [-0.15, -0.1) is 0 Å². The van der Waals surface area contributed by atoms with Crippen molar-refractivity contribution in [2.24, 2.45) is 0 Å². The van der Waals surface area contributed by atoms with Gasteiger partial charge in [0.2, 0.25) is 0 Å². The molecule has 108 valence electrons. The fraction of sp³-hybridized carbons (Fsp3) is 0.143. The number of carbonyl (C=O) groups excluding carboxylic acids is 2. The van der Waals surface area contributed by atoms with Gasteiger partial charge in [-0.05, 0) is 17.7 Å². The fourth-order valence-corrected chi connectivity index (χ4v) is 1.46. The van der Waals surface area contributed by atoms with E-state index in [9.17, 15) is 14.0 Å². The molecule has 21 heavy (non-hydrogen) atoms. The second-order valence-corrected chi connectivity index (χ2v) is 4.07. The molecular weight excluding hydrogens is 277 g/mol. The van der Waals surface area contributed by atoms with E-state index in [1.54, 1.807) is 12.1 Å². The van der Waals surface area contributed by atoms with Gasteiger partial charge in [0.05, 0.1) is 6.20 Å². The zero-order valence-electron chi connectivity index (χ0n) is 11.0. The van der Waals surface area contributed by atoms with Crippen molar-refractivity contribution < 1.29 is 18.7 Å². The Balaban J connectivity index is 1.75. The molecule has 0 unspecified atom stereocenters. The van der Waals surface area contributed by atoms with Gasteiger partial charge >= 0.3 is 5.97 Å². The number of esters is 1. The topological polar surface area (TPSA) is 81.2 Å². The number of hydrogen-bond donors (Lipinski definition) is 1. The van der Waals surface area contributed by atoms with Crippen LogP contribution in [-0.4, -0.2) is 28.5 Å². The Morgan fingerprint density at radius 1 is 1.19 bits per heavy atom. The minimum atomic E-state index is -0.722. The average Bonchev–Trinajstić information content (AvgIpc) is 2.53. The quantitative estimate of drug-likeness (QED) is 0.833. The summed E-state index contributed by atoms with van der Waals surface area (Å²) < 4.78 is 17.5. The lowest BCUT2D eigenvalue weighted by molar-refractivity contribution is -0.124. The van der Waals surface area contributed by atoms with Crippen molar-refractivity contribution in [1.29, 1.82) is 0 Å². The van der Waals surface area contributed by atoms with Crippen LogP contribution in [0.15, 0.2) is 42.9 Å². The van der Waals surface area contributed by atoms with Crippen molar-refractivity contribution in [2.75, 3.05) is 6.61 Å². The molecule has 0 aliphatic rings. The Hall–Kier alpha value is -2.83. The summed E-state index contributed by atoms with van der Waals surface area (Å²) in [7, 11) is 0. The van der Waals surface area contributed by atoms with Crippen molar-refractivity contribution in [3.8, 4) is 0 Å². The van der Waals surface area contributed by atoms with E-state index in [2.05, 4.69) is 15.3 Å². The standard InChI is InChI=1S/C14H12FN3O3/c15-11-3-1-10(2-4-11)7-18-13(19)9-21-14(20)12-8-16-5-6-17-12/h1-6,8H,7,9H2,(H,18,19). The molecule has 1 heterocycles. The molecule has 1 aromatic carbocycles. The second kappa shape index (κ2) is 7.09. The van der Waals surface area contributed by atoms with Crippen LogP contribution in [0.25, 0.3) is 0 Å². The van der Waals surface area contributed by atoms with Crippen LogP contribution in [-0.2, 0) is 16.1 Å². The first-order valence-electron chi connectivity index (χ1n) is 6.09. The maximum absolute atomic E-state index is 12.7. The molecule has 0 atom stereocenters. The Bertz CT molecular complexity index is 617. The molecule has 1 aromatic heterocycles. The lowest BCUT2D eigenvalue weighted by Crippen LogP contribution is -2.28. The molecule has 0 spiro atoms. The summed E-state index contributed by atoms with van der Waals surface area (Å²) in [6.07, 6.45) is 4.02. The van der Waals surface area contributed by atoms with Crippen LogP contribution < -0.4 is 5.32 Å². The highest BCUT2D eigenvalue weighted by molar-refractivity contribution is 5.89. The Morgan fingerprint density at radius 2 is 1.95 bits per heavy atom. The zero-order valence-corrected chi connectivity index (χ0v) is 11.0. The number of nitrogens with one attached hydrogen (secondary N) is 1. The van der Waals surface area contributed by atoms with Crippen LogP contribution in [0.2, 0.25) is 0 Å². The molecule has 1 N–H and O–H groups in total. The maximum Gasteiger partial charge on any atom is 0.359 e. The van der Waals surface area contributed by atoms with Crippen LogP contribution in [0, 0.1) is 5.82 Å². The van der Waals surface area contributed by atoms with E-state index in [1.165, 1.54) is 30.7 Å². The summed E-state index contributed by atoms with van der Waals surface area (Å²) in [5, 5.41) is 2.55. The predicted molar refractivity (Wildman–Crippen MR) is 70.6 cm³/mol. The molecular formula is C14H12FN3O3. The third-order valence-corrected chi connectivity index (χ3v) is 2.51. The van der Waals surface area contributed by atoms with E-state index in [0.717, 1.165) is 5.56 Å². The first-order chi connectivity index (χ1) is 10.1. The normalized spacial score (nSPS) is 9.95. The van der Waals surface area contributed by atoms with Crippen molar-refractivity contribution in [2.45, 2.75) is 6.54 Å². The van der Waals surface area contributed by atoms with Gasteiger partial charge in [-0.25, -0.2) is 14.2 Å². The van der Waals surface area contributed by atoms with Crippen molar-refractivity contribution in [3.05, 3.63) is 59.9 Å². The van der Waals surface area contributed by atoms with Gasteiger partial charge in [0.25, 0.3) is 5.91 Å². The van der Waals surface area contributed by atoms with Crippen LogP contribution in [0.5, 0.6) is 0 Å². The number of ether oxygens (including phenoxy) is 1. The van der Waals surface area contributed by atoms with E-state index < -0.39 is 18.5 Å². The van der Waals surface area contributed by atoms with Gasteiger partial charge in [-0.3, -0.25) is 9.78 Å². The van der Waals surface area contributed by atoms with Crippen LogP contribution in [0.3, 0.4) is 0 Å². The van der Waals surface area contributed by atoms with Crippen molar-refractivity contribution >= 4 is 11.9 Å². The lowest BCUT2D eigenvalue weighted by Gasteiger charge is -2.06. The number of benzene rings is 1. The van der Waals surface area contributed by atoms with Gasteiger partial charge in [0, 0.05) is 18.9 Å². The van der Waals surface area contributed by atoms with Gasteiger partial charge in [-0.1, -0.05) is 12.1 Å². The SMILES string of the molecule is O=C(COC(=O)c1cnccn1)NCc1ccc(F)cc1. The lowest BCUT2D eigenvalue weighted by atomic mass is 10.2. The summed E-state index contributed by atoms with van der Waals surface area (Å²) in [5.74, 6) is -1.53. The second-order valence-electron chi connectivity index (χ2n) is 4.07. The molecule has 0 bridgehead atoms. The molecule has 2 aromatic rings. The van der Waals surface area contributed by atoms with Crippen molar-refractivity contribution in [1.82, 2.24) is 15.3 Å². The van der Waals surface area contributed by atoms with Crippen LogP contribution >= 0.6 is 0 Å². The van der Waals surface area contributed by atoms with E-state index in [-0.39, 0.29) is 18.1 Å². The maximum atomic E-state index is 12.7. The highest BCUT2D eigenvalue weighted by Crippen LogP contribution is 2.02. The largest absolute Gasteiger partial charge is 0.451 e. The number of halogens is 1. The van der Waals surface area contributed by atoms with Gasteiger partial charge in [0.15, 0.2) is 12.3 Å². The fourth-order valence-electron chi connectivity index (χ4n) is 1.46. The molecule has 0 aliphatic carbocycles. The van der Waals surface area contributed by atoms with E-state index >= 15 is 0 Å². The van der Waals surface area contributed by atoms with E-state index in [0.29, 0.717) is 0 Å². The molecule has 0 radical (unpaired) electrons. The van der Waals surface area contributed by atoms with Gasteiger partial charge in [-0.2, -0.15) is 0 Å². The van der Waals surface area contributed by atoms with E-state index in [4.69, 9.17) is 4.74 Å². The monoisotopic (exact) mass is 289 g/mol. The Labute approximate surface area is 120 Å². The molecule has 0 fully saturated rings. The highest BCUT2D eigenvalue weighted by atomic mass is 19.1. The number of hydrogen-bond acceptors (Lipinski definition) is 5. The number of carbonyl (C=O) groups is 2. The number of amides is 1. The molecule has 7 heteroatoms. The molecule has 6 nitrogen and oxygen atoms in total. The summed E-state index contributed by atoms with van der Waals surface area (Å²) in [4.78, 5) is 30.5. The Kier molecular flexibility index (Phi) is 4.92. The summed E-state index contributed by atoms with van der Waals surface area (Å²) >= 11 is 0. The molecule has 0 saturated heterocycles. The highest BCUT2D eigenvalue weighted by Gasteiger charge is 2.11. The smallest absolute Gasteiger partial charge is 0.359 e. The third kappa shape index (κ3) is 4.64. The summed E-state index contributed by atoms with van der Waals surface area (Å²) in [6.45, 7) is -0.196. The predicted octanol–water partition coefficient (Wildman–Crippen LogP) is 1.09. The molecule has 2 rings (SSSR count).